The van der Waals surface area contributed by atoms with Gasteiger partial charge in [-0.05, 0) is 48.4 Å². The monoisotopic (exact) mass is 296 g/mol. The molecule has 2 aromatic rings. The molecule has 0 bridgehead atoms. The van der Waals surface area contributed by atoms with Crippen LogP contribution in [0, 0.1) is 11.3 Å². The average molecular weight is 296 g/mol. The zero-order chi connectivity index (χ0) is 15.9. The molecule has 2 rings (SSSR count). The second kappa shape index (κ2) is 7.25. The highest BCUT2D eigenvalue weighted by Gasteiger charge is 2.13. The molecule has 5 heteroatoms. The highest BCUT2D eigenvalue weighted by molar-refractivity contribution is 5.94. The molecule has 1 amide bonds. The minimum Gasteiger partial charge on any atom is -0.508 e. The number of nitriles is 1. The summed E-state index contributed by atoms with van der Waals surface area (Å²) in [6.45, 7) is -0.192. The summed E-state index contributed by atoms with van der Waals surface area (Å²) in [5, 5.41) is 30.1. The van der Waals surface area contributed by atoms with E-state index in [2.05, 4.69) is 5.32 Å². The Labute approximate surface area is 128 Å². The van der Waals surface area contributed by atoms with Gasteiger partial charge in [0, 0.05) is 5.56 Å². The van der Waals surface area contributed by atoms with Gasteiger partial charge >= 0.3 is 0 Å². The fraction of sp³-hybridized carbons (Fsp3) is 0.176. The van der Waals surface area contributed by atoms with Crippen LogP contribution in [0.3, 0.4) is 0 Å². The summed E-state index contributed by atoms with van der Waals surface area (Å²) >= 11 is 0. The number of carbonyl (C=O) groups is 1. The predicted octanol–water partition coefficient (Wildman–Crippen LogP) is 1.60. The van der Waals surface area contributed by atoms with Crippen LogP contribution in [-0.2, 0) is 6.42 Å². The zero-order valence-corrected chi connectivity index (χ0v) is 11.9. The number of hydrogen-bond donors (Lipinski definition) is 3. The molecule has 112 valence electrons. The molecule has 0 aromatic heterocycles. The fourth-order valence-corrected chi connectivity index (χ4v) is 2.04. The number of aliphatic hydroxyl groups is 1. The maximum absolute atomic E-state index is 12.1. The van der Waals surface area contributed by atoms with Crippen molar-refractivity contribution in [3.05, 3.63) is 65.2 Å². The van der Waals surface area contributed by atoms with E-state index < -0.39 is 6.04 Å². The summed E-state index contributed by atoms with van der Waals surface area (Å²) < 4.78 is 0. The molecule has 0 saturated heterocycles. The molecule has 0 unspecified atom stereocenters. The number of phenols is 1. The third kappa shape index (κ3) is 4.08. The molecule has 0 aliphatic heterocycles. The first-order valence-electron chi connectivity index (χ1n) is 6.82. The van der Waals surface area contributed by atoms with E-state index in [0.29, 0.717) is 17.5 Å². The van der Waals surface area contributed by atoms with E-state index in [9.17, 15) is 15.0 Å². The standard InChI is InChI=1S/C17H16N2O3/c18-10-13-1-5-14(6-2-13)17(22)19-15(11-20)9-12-3-7-16(21)8-4-12/h1-8,15,20-21H,9,11H2,(H,19,22)/t15-/m0/s1. The Hall–Kier alpha value is -2.84. The number of aliphatic hydroxyl groups excluding tert-OH is 1. The molecular formula is C17H16N2O3. The van der Waals surface area contributed by atoms with E-state index in [1.165, 1.54) is 0 Å². The Morgan fingerprint density at radius 1 is 1.14 bits per heavy atom. The molecule has 5 nitrogen and oxygen atoms in total. The first kappa shape index (κ1) is 15.5. The lowest BCUT2D eigenvalue weighted by Crippen LogP contribution is -2.39. The number of phenolic OH excluding ortho intramolecular Hbond substituents is 1. The van der Waals surface area contributed by atoms with Crippen LogP contribution in [0.15, 0.2) is 48.5 Å². The zero-order valence-electron chi connectivity index (χ0n) is 11.9. The van der Waals surface area contributed by atoms with Crippen LogP contribution in [0.2, 0.25) is 0 Å². The second-order valence-corrected chi connectivity index (χ2v) is 4.91. The third-order valence-electron chi connectivity index (χ3n) is 3.25. The lowest BCUT2D eigenvalue weighted by Gasteiger charge is -2.16. The van der Waals surface area contributed by atoms with Crippen LogP contribution in [-0.4, -0.2) is 28.8 Å². The molecule has 0 heterocycles. The van der Waals surface area contributed by atoms with Crippen molar-refractivity contribution >= 4 is 5.91 Å². The van der Waals surface area contributed by atoms with Crippen molar-refractivity contribution in [2.75, 3.05) is 6.61 Å². The number of carbonyl (C=O) groups excluding carboxylic acids is 1. The molecule has 0 saturated carbocycles. The lowest BCUT2D eigenvalue weighted by atomic mass is 10.1. The Bertz CT molecular complexity index is 673. The van der Waals surface area contributed by atoms with Gasteiger partial charge in [-0.3, -0.25) is 4.79 Å². The lowest BCUT2D eigenvalue weighted by molar-refractivity contribution is 0.0916. The van der Waals surface area contributed by atoms with Crippen LogP contribution >= 0.6 is 0 Å². The van der Waals surface area contributed by atoms with Crippen molar-refractivity contribution in [3.63, 3.8) is 0 Å². The molecule has 3 N–H and O–H groups in total. The Morgan fingerprint density at radius 2 is 1.77 bits per heavy atom. The molecule has 0 radical (unpaired) electrons. The van der Waals surface area contributed by atoms with Crippen molar-refractivity contribution < 1.29 is 15.0 Å². The van der Waals surface area contributed by atoms with Crippen molar-refractivity contribution in [2.45, 2.75) is 12.5 Å². The number of hydrogen-bond acceptors (Lipinski definition) is 4. The predicted molar refractivity (Wildman–Crippen MR) is 81.3 cm³/mol. The van der Waals surface area contributed by atoms with Crippen LogP contribution in [0.5, 0.6) is 5.75 Å². The minimum atomic E-state index is -0.423. The van der Waals surface area contributed by atoms with Gasteiger partial charge in [0.05, 0.1) is 24.3 Å². The maximum atomic E-state index is 12.1. The van der Waals surface area contributed by atoms with Gasteiger partial charge in [0.2, 0.25) is 0 Å². The van der Waals surface area contributed by atoms with Gasteiger partial charge in [0.15, 0.2) is 0 Å². The van der Waals surface area contributed by atoms with Gasteiger partial charge in [-0.2, -0.15) is 5.26 Å². The first-order valence-corrected chi connectivity index (χ1v) is 6.82. The van der Waals surface area contributed by atoms with E-state index in [0.717, 1.165) is 5.56 Å². The largest absolute Gasteiger partial charge is 0.508 e. The Kier molecular flexibility index (Phi) is 5.12. The quantitative estimate of drug-likeness (QED) is 0.781. The topological polar surface area (TPSA) is 93.4 Å². The molecule has 0 spiro atoms. The van der Waals surface area contributed by atoms with Gasteiger partial charge < -0.3 is 15.5 Å². The minimum absolute atomic E-state index is 0.172. The number of nitrogens with zero attached hydrogens (tertiary/aromatic N) is 1. The SMILES string of the molecule is N#Cc1ccc(C(=O)N[C@H](CO)Cc2ccc(O)cc2)cc1. The number of nitrogens with one attached hydrogen (secondary N) is 1. The second-order valence-electron chi connectivity index (χ2n) is 4.91. The van der Waals surface area contributed by atoms with Crippen LogP contribution in [0.4, 0.5) is 0 Å². The van der Waals surface area contributed by atoms with Crippen molar-refractivity contribution in [1.29, 1.82) is 5.26 Å². The summed E-state index contributed by atoms with van der Waals surface area (Å²) in [5.74, 6) is -0.131. The number of rotatable bonds is 5. The summed E-state index contributed by atoms with van der Waals surface area (Å²) in [4.78, 5) is 12.1. The van der Waals surface area contributed by atoms with Gasteiger partial charge in [-0.25, -0.2) is 0 Å². The van der Waals surface area contributed by atoms with E-state index >= 15 is 0 Å². The normalized spacial score (nSPS) is 11.5. The van der Waals surface area contributed by atoms with E-state index in [1.54, 1.807) is 48.5 Å². The molecule has 0 aliphatic carbocycles. The number of benzene rings is 2. The molecule has 0 aliphatic rings. The summed E-state index contributed by atoms with van der Waals surface area (Å²) in [6.07, 6.45) is 0.457. The molecule has 1 atom stereocenters. The highest BCUT2D eigenvalue weighted by atomic mass is 16.3. The summed E-state index contributed by atoms with van der Waals surface area (Å²) in [6, 6.07) is 14.5. The average Bonchev–Trinajstić information content (AvgIpc) is 2.56. The van der Waals surface area contributed by atoms with Crippen LogP contribution in [0.25, 0.3) is 0 Å². The summed E-state index contributed by atoms with van der Waals surface area (Å²) in [7, 11) is 0. The molecular weight excluding hydrogens is 280 g/mol. The third-order valence-corrected chi connectivity index (χ3v) is 3.25. The van der Waals surface area contributed by atoms with E-state index in [-0.39, 0.29) is 18.3 Å². The Balaban J connectivity index is 2.01. The van der Waals surface area contributed by atoms with Gasteiger partial charge in [-0.15, -0.1) is 0 Å². The first-order chi connectivity index (χ1) is 10.6. The smallest absolute Gasteiger partial charge is 0.251 e. The van der Waals surface area contributed by atoms with E-state index in [1.807, 2.05) is 6.07 Å². The van der Waals surface area contributed by atoms with Crippen molar-refractivity contribution in [2.24, 2.45) is 0 Å². The van der Waals surface area contributed by atoms with Crippen LogP contribution < -0.4 is 5.32 Å². The van der Waals surface area contributed by atoms with Gasteiger partial charge in [0.25, 0.3) is 5.91 Å². The fourth-order valence-electron chi connectivity index (χ4n) is 2.04. The van der Waals surface area contributed by atoms with Crippen molar-refractivity contribution in [1.82, 2.24) is 5.32 Å². The number of amides is 1. The van der Waals surface area contributed by atoms with Crippen molar-refractivity contribution in [3.8, 4) is 11.8 Å². The van der Waals surface area contributed by atoms with Gasteiger partial charge in [0.1, 0.15) is 5.75 Å². The molecule has 0 fully saturated rings. The maximum Gasteiger partial charge on any atom is 0.251 e. The molecule has 2 aromatic carbocycles. The summed E-state index contributed by atoms with van der Waals surface area (Å²) in [5.41, 5.74) is 1.82. The van der Waals surface area contributed by atoms with E-state index in [4.69, 9.17) is 5.26 Å². The Morgan fingerprint density at radius 3 is 2.32 bits per heavy atom. The highest BCUT2D eigenvalue weighted by Crippen LogP contribution is 2.11. The van der Waals surface area contributed by atoms with Crippen LogP contribution in [0.1, 0.15) is 21.5 Å². The molecule has 22 heavy (non-hydrogen) atoms. The number of aromatic hydroxyl groups is 1. The van der Waals surface area contributed by atoms with Gasteiger partial charge in [-0.1, -0.05) is 12.1 Å².